The molecule has 0 saturated carbocycles. The quantitative estimate of drug-likeness (QED) is 0.694. The molecule has 1 amide bonds. The van der Waals surface area contributed by atoms with E-state index >= 15 is 0 Å². The highest BCUT2D eigenvalue weighted by molar-refractivity contribution is 5.78. The van der Waals surface area contributed by atoms with Gasteiger partial charge in [0.2, 0.25) is 5.91 Å². The van der Waals surface area contributed by atoms with E-state index in [-0.39, 0.29) is 18.4 Å². The third-order valence-corrected chi connectivity index (χ3v) is 4.93. The number of benzene rings is 1. The summed E-state index contributed by atoms with van der Waals surface area (Å²) < 4.78 is 7.36. The van der Waals surface area contributed by atoms with Gasteiger partial charge in [0.1, 0.15) is 11.6 Å². The lowest BCUT2D eigenvalue weighted by Crippen LogP contribution is -2.41. The van der Waals surface area contributed by atoms with Gasteiger partial charge < -0.3 is 14.0 Å². The Morgan fingerprint density at radius 2 is 2.04 bits per heavy atom. The van der Waals surface area contributed by atoms with E-state index in [1.165, 1.54) is 5.56 Å². The first kappa shape index (κ1) is 17.5. The molecule has 7 nitrogen and oxygen atoms in total. The van der Waals surface area contributed by atoms with Gasteiger partial charge in [-0.15, -0.1) is 10.2 Å². The number of nitrogens with zero attached hydrogens (tertiary/aromatic N) is 5. The summed E-state index contributed by atoms with van der Waals surface area (Å²) in [5.74, 6) is 2.46. The summed E-state index contributed by atoms with van der Waals surface area (Å²) in [5.41, 5.74) is 2.07. The van der Waals surface area contributed by atoms with Crippen LogP contribution in [0.4, 0.5) is 0 Å². The highest BCUT2D eigenvalue weighted by Crippen LogP contribution is 2.23. The Morgan fingerprint density at radius 3 is 2.78 bits per heavy atom. The summed E-state index contributed by atoms with van der Waals surface area (Å²) in [6.45, 7) is 5.08. The van der Waals surface area contributed by atoms with E-state index in [9.17, 15) is 4.79 Å². The van der Waals surface area contributed by atoms with Crippen molar-refractivity contribution < 1.29 is 9.32 Å². The number of aromatic nitrogens is 4. The Balaban J connectivity index is 1.44. The lowest BCUT2D eigenvalue weighted by atomic mass is 10.1. The molecule has 140 valence electrons. The second-order valence-electron chi connectivity index (χ2n) is 7.12. The van der Waals surface area contributed by atoms with Crippen LogP contribution in [0, 0.1) is 6.92 Å². The molecule has 0 radical (unpaired) electrons. The van der Waals surface area contributed by atoms with E-state index in [4.69, 9.17) is 4.52 Å². The van der Waals surface area contributed by atoms with Gasteiger partial charge in [-0.1, -0.05) is 35.5 Å². The van der Waals surface area contributed by atoms with Crippen LogP contribution in [0.25, 0.3) is 0 Å². The van der Waals surface area contributed by atoms with E-state index in [2.05, 4.69) is 51.1 Å². The standard InChI is InChI=1S/C20H23N5O2/c1-14-10-17(27-23-14)11-20(26)24-12-15(2)25-18(21-22-19(25)13-24)9-8-16-6-4-3-5-7-16/h3-7,10,15H,8-9,11-13H2,1-2H3/t15-/m0/s1. The molecule has 0 fully saturated rings. The predicted octanol–water partition coefficient (Wildman–Crippen LogP) is 2.51. The molecule has 3 aromatic rings. The molecular formula is C20H23N5O2. The molecule has 27 heavy (non-hydrogen) atoms. The molecule has 0 saturated heterocycles. The number of aryl methyl sites for hydroxylation is 3. The molecule has 1 aliphatic rings. The fourth-order valence-electron chi connectivity index (χ4n) is 3.63. The van der Waals surface area contributed by atoms with Gasteiger partial charge in [0.15, 0.2) is 5.82 Å². The number of hydrogen-bond donors (Lipinski definition) is 0. The number of carbonyl (C=O) groups excluding carboxylic acids is 1. The Bertz CT molecular complexity index is 931. The van der Waals surface area contributed by atoms with Crippen molar-refractivity contribution in [3.05, 3.63) is 65.1 Å². The zero-order valence-corrected chi connectivity index (χ0v) is 15.6. The number of rotatable bonds is 5. The minimum absolute atomic E-state index is 0.0260. The van der Waals surface area contributed by atoms with Crippen molar-refractivity contribution in [1.82, 2.24) is 24.8 Å². The number of carbonyl (C=O) groups is 1. The van der Waals surface area contributed by atoms with Gasteiger partial charge in [-0.25, -0.2) is 0 Å². The molecule has 0 aliphatic carbocycles. The van der Waals surface area contributed by atoms with Crippen molar-refractivity contribution >= 4 is 5.91 Å². The zero-order valence-electron chi connectivity index (χ0n) is 15.6. The van der Waals surface area contributed by atoms with E-state index in [1.54, 1.807) is 6.07 Å². The van der Waals surface area contributed by atoms with Gasteiger partial charge >= 0.3 is 0 Å². The van der Waals surface area contributed by atoms with Crippen LogP contribution in [-0.2, 0) is 30.6 Å². The smallest absolute Gasteiger partial charge is 0.230 e. The predicted molar refractivity (Wildman–Crippen MR) is 98.9 cm³/mol. The van der Waals surface area contributed by atoms with Crippen molar-refractivity contribution in [2.45, 2.75) is 45.7 Å². The summed E-state index contributed by atoms with van der Waals surface area (Å²) in [6, 6.07) is 12.3. The summed E-state index contributed by atoms with van der Waals surface area (Å²) >= 11 is 0. The van der Waals surface area contributed by atoms with E-state index in [0.29, 0.717) is 18.8 Å². The van der Waals surface area contributed by atoms with Gasteiger partial charge in [-0.3, -0.25) is 4.79 Å². The SMILES string of the molecule is Cc1cc(CC(=O)N2Cc3nnc(CCc4ccccc4)n3[C@@H](C)C2)on1. The average molecular weight is 365 g/mol. The van der Waals surface area contributed by atoms with Crippen LogP contribution >= 0.6 is 0 Å². The van der Waals surface area contributed by atoms with Crippen LogP contribution < -0.4 is 0 Å². The molecule has 0 spiro atoms. The van der Waals surface area contributed by atoms with Gasteiger partial charge in [0.25, 0.3) is 0 Å². The highest BCUT2D eigenvalue weighted by atomic mass is 16.5. The number of fused-ring (bicyclic) bond motifs is 1. The first-order chi connectivity index (χ1) is 13.1. The molecule has 2 aromatic heterocycles. The van der Waals surface area contributed by atoms with Crippen molar-refractivity contribution in [1.29, 1.82) is 0 Å². The van der Waals surface area contributed by atoms with E-state index < -0.39 is 0 Å². The topological polar surface area (TPSA) is 77.0 Å². The van der Waals surface area contributed by atoms with Gasteiger partial charge in [0.05, 0.1) is 24.7 Å². The minimum Gasteiger partial charge on any atom is -0.361 e. The van der Waals surface area contributed by atoms with Crippen LogP contribution in [0.15, 0.2) is 40.9 Å². The average Bonchev–Trinajstić information content (AvgIpc) is 3.27. The molecule has 0 N–H and O–H groups in total. The molecular weight excluding hydrogens is 342 g/mol. The molecule has 1 aliphatic heterocycles. The summed E-state index contributed by atoms with van der Waals surface area (Å²) in [5, 5.41) is 12.6. The van der Waals surface area contributed by atoms with Crippen LogP contribution in [0.5, 0.6) is 0 Å². The van der Waals surface area contributed by atoms with Crippen LogP contribution in [-0.4, -0.2) is 37.3 Å². The molecule has 0 bridgehead atoms. The van der Waals surface area contributed by atoms with Crippen LogP contribution in [0.1, 0.15) is 41.6 Å². The third kappa shape index (κ3) is 3.77. The van der Waals surface area contributed by atoms with Crippen molar-refractivity contribution in [2.24, 2.45) is 0 Å². The largest absolute Gasteiger partial charge is 0.361 e. The minimum atomic E-state index is 0.0260. The summed E-state index contributed by atoms with van der Waals surface area (Å²) in [7, 11) is 0. The molecule has 3 heterocycles. The first-order valence-corrected chi connectivity index (χ1v) is 9.26. The van der Waals surface area contributed by atoms with Crippen LogP contribution in [0.2, 0.25) is 0 Å². The lowest BCUT2D eigenvalue weighted by Gasteiger charge is -2.32. The summed E-state index contributed by atoms with van der Waals surface area (Å²) in [4.78, 5) is 14.5. The fraction of sp³-hybridized carbons (Fsp3) is 0.400. The monoisotopic (exact) mass is 365 g/mol. The van der Waals surface area contributed by atoms with Crippen LogP contribution in [0.3, 0.4) is 0 Å². The Labute approximate surface area is 158 Å². The molecule has 0 unspecified atom stereocenters. The van der Waals surface area contributed by atoms with Crippen molar-refractivity contribution in [2.75, 3.05) is 6.54 Å². The molecule has 4 rings (SSSR count). The lowest BCUT2D eigenvalue weighted by molar-refractivity contribution is -0.132. The normalized spacial score (nSPS) is 16.4. The maximum atomic E-state index is 12.6. The van der Waals surface area contributed by atoms with E-state index in [1.807, 2.05) is 17.9 Å². The Hall–Kier alpha value is -2.96. The maximum absolute atomic E-state index is 12.6. The van der Waals surface area contributed by atoms with Gasteiger partial charge in [0, 0.05) is 19.0 Å². The Kier molecular flexibility index (Phi) is 4.75. The third-order valence-electron chi connectivity index (χ3n) is 4.93. The maximum Gasteiger partial charge on any atom is 0.230 e. The Morgan fingerprint density at radius 1 is 1.22 bits per heavy atom. The van der Waals surface area contributed by atoms with Crippen molar-refractivity contribution in [3.8, 4) is 0 Å². The van der Waals surface area contributed by atoms with Gasteiger partial charge in [-0.05, 0) is 25.8 Å². The number of hydrogen-bond acceptors (Lipinski definition) is 5. The highest BCUT2D eigenvalue weighted by Gasteiger charge is 2.29. The van der Waals surface area contributed by atoms with E-state index in [0.717, 1.165) is 30.2 Å². The molecule has 7 heteroatoms. The van der Waals surface area contributed by atoms with Crippen molar-refractivity contribution in [3.63, 3.8) is 0 Å². The zero-order chi connectivity index (χ0) is 18.8. The number of amides is 1. The van der Waals surface area contributed by atoms with Gasteiger partial charge in [-0.2, -0.15) is 0 Å². The first-order valence-electron chi connectivity index (χ1n) is 9.26. The summed E-state index contributed by atoms with van der Waals surface area (Å²) in [6.07, 6.45) is 1.99. The second-order valence-corrected chi connectivity index (χ2v) is 7.12. The molecule has 1 atom stereocenters. The second kappa shape index (κ2) is 7.34. The fourth-order valence-corrected chi connectivity index (χ4v) is 3.63. The molecule has 1 aromatic carbocycles.